The minimum atomic E-state index is -3.90. The quantitative estimate of drug-likeness (QED) is 0.375. The van der Waals surface area contributed by atoms with Crippen LogP contribution < -0.4 is 19.9 Å². The molecule has 0 fully saturated rings. The van der Waals surface area contributed by atoms with E-state index in [-0.39, 0.29) is 23.2 Å². The lowest BCUT2D eigenvalue weighted by Crippen LogP contribution is -2.28. The highest BCUT2D eigenvalue weighted by Gasteiger charge is 2.18. The van der Waals surface area contributed by atoms with Gasteiger partial charge in [0.2, 0.25) is 0 Å². The van der Waals surface area contributed by atoms with E-state index in [1.54, 1.807) is 31.2 Å². The van der Waals surface area contributed by atoms with Gasteiger partial charge in [-0.2, -0.15) is 13.5 Å². The maximum Gasteiger partial charge on any atom is 0.340 e. The molecule has 0 saturated carbocycles. The molecule has 0 saturated heterocycles. The Kier molecular flexibility index (Phi) is 6.60. The van der Waals surface area contributed by atoms with Gasteiger partial charge in [0.25, 0.3) is 10.2 Å². The Bertz CT molecular complexity index is 1490. The first kappa shape index (κ1) is 23.7. The smallest absolute Gasteiger partial charge is 0.340 e. The van der Waals surface area contributed by atoms with E-state index in [9.17, 15) is 17.6 Å². The van der Waals surface area contributed by atoms with Gasteiger partial charge in [-0.15, -0.1) is 0 Å². The summed E-state index contributed by atoms with van der Waals surface area (Å²) in [5, 5.41) is 2.49. The first-order valence-electron chi connectivity index (χ1n) is 10.1. The number of anilines is 1. The highest BCUT2D eigenvalue weighted by atomic mass is 35.5. The average molecular weight is 507 g/mol. The predicted octanol–water partition coefficient (Wildman–Crippen LogP) is 3.43. The molecule has 2 heterocycles. The van der Waals surface area contributed by atoms with Crippen molar-refractivity contribution in [2.24, 2.45) is 4.99 Å². The second-order valence-electron chi connectivity index (χ2n) is 7.38. The van der Waals surface area contributed by atoms with Crippen molar-refractivity contribution in [2.75, 3.05) is 18.3 Å². The lowest BCUT2D eigenvalue weighted by Gasteiger charge is -2.20. The third-order valence-electron chi connectivity index (χ3n) is 5.19. The van der Waals surface area contributed by atoms with Gasteiger partial charge in [-0.05, 0) is 42.3 Å². The fourth-order valence-electron chi connectivity index (χ4n) is 3.40. The molecule has 0 bridgehead atoms. The number of hydroxylamine groups is 2. The van der Waals surface area contributed by atoms with Gasteiger partial charge in [0.05, 0.1) is 12.2 Å². The van der Waals surface area contributed by atoms with E-state index in [4.69, 9.17) is 20.9 Å². The number of benzene rings is 2. The zero-order valence-corrected chi connectivity index (χ0v) is 19.7. The Labute approximate surface area is 199 Å². The van der Waals surface area contributed by atoms with E-state index in [2.05, 4.69) is 14.4 Å². The van der Waals surface area contributed by atoms with Crippen molar-refractivity contribution in [1.29, 1.82) is 0 Å². The molecule has 0 atom stereocenters. The van der Waals surface area contributed by atoms with Crippen molar-refractivity contribution in [3.05, 3.63) is 80.6 Å². The number of nitrogens with zero attached hydrogens (tertiary/aromatic N) is 2. The summed E-state index contributed by atoms with van der Waals surface area (Å²) in [6.07, 6.45) is 3.04. The van der Waals surface area contributed by atoms with Crippen LogP contribution in [0.15, 0.2) is 61.8 Å². The summed E-state index contributed by atoms with van der Waals surface area (Å²) in [6, 6.07) is 9.30. The standard InChI is InChI=1S/C22H20ClFN4O5S/c1-13-16-7-6-15(33-28-9-8-20(23)26-12-28)11-19(16)32-22(29)17(13)10-14-4-3-5-18(21(14)24)27-34(30,31)25-2/h3-8,11-12,25,27H,9-10H2,1-2H3. The van der Waals surface area contributed by atoms with Gasteiger partial charge in [-0.3, -0.25) is 4.72 Å². The molecule has 0 unspecified atom stereocenters. The molecule has 178 valence electrons. The molecular weight excluding hydrogens is 487 g/mol. The minimum absolute atomic E-state index is 0.0827. The first-order valence-corrected chi connectivity index (χ1v) is 11.9. The van der Waals surface area contributed by atoms with Gasteiger partial charge < -0.3 is 9.25 Å². The Morgan fingerprint density at radius 2 is 2.09 bits per heavy atom. The zero-order valence-electron chi connectivity index (χ0n) is 18.1. The number of nitrogens with one attached hydrogen (secondary N) is 2. The third kappa shape index (κ3) is 5.06. The molecule has 12 heteroatoms. The molecule has 2 N–H and O–H groups in total. The van der Waals surface area contributed by atoms with Crippen LogP contribution in [0, 0.1) is 12.7 Å². The van der Waals surface area contributed by atoms with Crippen molar-refractivity contribution >= 4 is 44.8 Å². The molecule has 34 heavy (non-hydrogen) atoms. The molecule has 0 amide bonds. The molecule has 0 aliphatic carbocycles. The molecule has 4 rings (SSSR count). The normalized spacial score (nSPS) is 13.8. The van der Waals surface area contributed by atoms with Gasteiger partial charge in [-0.1, -0.05) is 23.7 Å². The Hall–Kier alpha value is -3.41. The van der Waals surface area contributed by atoms with Gasteiger partial charge in [0.1, 0.15) is 17.1 Å². The van der Waals surface area contributed by atoms with Crippen LogP contribution >= 0.6 is 11.6 Å². The fourth-order valence-corrected chi connectivity index (χ4v) is 4.06. The number of aliphatic imine (C=N–C) groups is 1. The predicted molar refractivity (Wildman–Crippen MR) is 128 cm³/mol. The highest BCUT2D eigenvalue weighted by molar-refractivity contribution is 7.90. The van der Waals surface area contributed by atoms with Crippen LogP contribution in [0.25, 0.3) is 11.0 Å². The average Bonchev–Trinajstić information content (AvgIpc) is 2.80. The zero-order chi connectivity index (χ0) is 24.5. The van der Waals surface area contributed by atoms with Gasteiger partial charge in [-0.25, -0.2) is 18.9 Å². The Morgan fingerprint density at radius 1 is 1.29 bits per heavy atom. The van der Waals surface area contributed by atoms with Gasteiger partial charge >= 0.3 is 5.63 Å². The molecular formula is C22H20ClFN4O5S. The van der Waals surface area contributed by atoms with E-state index in [0.717, 1.165) is 0 Å². The third-order valence-corrected chi connectivity index (χ3v) is 6.47. The minimum Gasteiger partial charge on any atom is -0.422 e. The van der Waals surface area contributed by atoms with Crippen molar-refractivity contribution in [1.82, 2.24) is 9.79 Å². The van der Waals surface area contributed by atoms with E-state index in [0.29, 0.717) is 34.0 Å². The molecule has 1 aromatic heterocycles. The molecule has 1 aliphatic heterocycles. The maximum absolute atomic E-state index is 15.0. The van der Waals surface area contributed by atoms with Crippen LogP contribution in [-0.4, -0.2) is 33.4 Å². The van der Waals surface area contributed by atoms with Crippen LogP contribution in [0.2, 0.25) is 0 Å². The number of hydrogen-bond donors (Lipinski definition) is 2. The van der Waals surface area contributed by atoms with Crippen molar-refractivity contribution in [2.45, 2.75) is 13.3 Å². The van der Waals surface area contributed by atoms with E-state index in [1.807, 2.05) is 0 Å². The summed E-state index contributed by atoms with van der Waals surface area (Å²) in [5.41, 5.74) is 0.472. The summed E-state index contributed by atoms with van der Waals surface area (Å²) in [5.74, 6) is -0.349. The van der Waals surface area contributed by atoms with E-state index < -0.39 is 21.7 Å². The van der Waals surface area contributed by atoms with E-state index in [1.165, 1.54) is 36.6 Å². The Balaban J connectivity index is 1.63. The van der Waals surface area contributed by atoms with Crippen LogP contribution in [0.3, 0.4) is 0 Å². The molecule has 3 aromatic rings. The summed E-state index contributed by atoms with van der Waals surface area (Å²) < 4.78 is 48.1. The number of rotatable bonds is 7. The van der Waals surface area contributed by atoms with Gasteiger partial charge in [0.15, 0.2) is 11.6 Å². The number of fused-ring (bicyclic) bond motifs is 1. The topological polar surface area (TPSA) is 113 Å². The largest absolute Gasteiger partial charge is 0.422 e. The van der Waals surface area contributed by atoms with Gasteiger partial charge in [0, 0.05) is 30.5 Å². The van der Waals surface area contributed by atoms with Crippen LogP contribution in [0.4, 0.5) is 10.1 Å². The molecule has 1 aliphatic rings. The Morgan fingerprint density at radius 3 is 2.79 bits per heavy atom. The SMILES string of the molecule is CNS(=O)(=O)Nc1cccc(Cc2c(C)c3ccc(ON4C=NC(Cl)=CC4)cc3oc2=O)c1F. The van der Waals surface area contributed by atoms with Crippen LogP contribution in [0.5, 0.6) is 5.75 Å². The first-order chi connectivity index (χ1) is 16.2. The van der Waals surface area contributed by atoms with E-state index >= 15 is 0 Å². The number of halogens is 2. The van der Waals surface area contributed by atoms with Crippen molar-refractivity contribution in [3.63, 3.8) is 0 Å². The highest BCUT2D eigenvalue weighted by Crippen LogP contribution is 2.27. The second-order valence-corrected chi connectivity index (χ2v) is 9.38. The molecule has 9 nitrogen and oxygen atoms in total. The number of hydrogen-bond acceptors (Lipinski definition) is 7. The lowest BCUT2D eigenvalue weighted by molar-refractivity contribution is 0.0361. The molecule has 0 spiro atoms. The maximum atomic E-state index is 15.0. The lowest BCUT2D eigenvalue weighted by atomic mass is 9.99. The molecule has 2 aromatic carbocycles. The van der Waals surface area contributed by atoms with Crippen LogP contribution in [-0.2, 0) is 16.6 Å². The summed E-state index contributed by atoms with van der Waals surface area (Å²) in [7, 11) is -2.70. The van der Waals surface area contributed by atoms with Crippen LogP contribution in [0.1, 0.15) is 16.7 Å². The molecule has 0 radical (unpaired) electrons. The number of aryl methyl sites for hydroxylation is 1. The summed E-state index contributed by atoms with van der Waals surface area (Å²) in [4.78, 5) is 22.4. The summed E-state index contributed by atoms with van der Waals surface area (Å²) in [6.45, 7) is 2.14. The fraction of sp³-hybridized carbons (Fsp3) is 0.182. The van der Waals surface area contributed by atoms with Crippen molar-refractivity contribution in [3.8, 4) is 5.75 Å². The summed E-state index contributed by atoms with van der Waals surface area (Å²) >= 11 is 5.80. The second kappa shape index (κ2) is 9.45. The monoisotopic (exact) mass is 506 g/mol. The van der Waals surface area contributed by atoms with Crippen molar-refractivity contribution < 1.29 is 22.1 Å².